The van der Waals surface area contributed by atoms with E-state index in [1.54, 1.807) is 12.4 Å². The highest BCUT2D eigenvalue weighted by Crippen LogP contribution is 2.08. The van der Waals surface area contributed by atoms with Crippen LogP contribution in [0.15, 0.2) is 5.38 Å². The normalized spacial score (nSPS) is 9.74. The second kappa shape index (κ2) is 7.48. The number of esters is 1. The van der Waals surface area contributed by atoms with Crippen molar-refractivity contribution in [3.63, 3.8) is 0 Å². The Morgan fingerprint density at radius 1 is 1.58 bits per heavy atom. The summed E-state index contributed by atoms with van der Waals surface area (Å²) in [6.45, 7) is 1.88. The van der Waals surface area contributed by atoms with E-state index in [9.17, 15) is 9.59 Å². The predicted molar refractivity (Wildman–Crippen MR) is 69.4 cm³/mol. The molecule has 19 heavy (non-hydrogen) atoms. The molecule has 102 valence electrons. The van der Waals surface area contributed by atoms with Crippen molar-refractivity contribution < 1.29 is 14.3 Å². The van der Waals surface area contributed by atoms with Crippen molar-refractivity contribution in [3.8, 4) is 6.07 Å². The molecule has 1 aromatic heterocycles. The molecule has 7 heteroatoms. The first kappa shape index (κ1) is 15.1. The molecule has 0 saturated carbocycles. The van der Waals surface area contributed by atoms with Gasteiger partial charge in [0.2, 0.25) is 0 Å². The van der Waals surface area contributed by atoms with E-state index >= 15 is 0 Å². The first-order valence-electron chi connectivity index (χ1n) is 5.70. The van der Waals surface area contributed by atoms with Crippen LogP contribution < -0.4 is 0 Å². The molecule has 0 unspecified atom stereocenters. The van der Waals surface area contributed by atoms with E-state index in [0.29, 0.717) is 12.2 Å². The second-order valence-electron chi connectivity index (χ2n) is 3.92. The SMILES string of the molecule is Cc1nc(CC(=O)OCC(=O)N(C)CCC#N)cs1. The van der Waals surface area contributed by atoms with E-state index in [4.69, 9.17) is 10.00 Å². The zero-order chi connectivity index (χ0) is 14.3. The molecule has 1 aromatic rings. The molecule has 0 fully saturated rings. The molecule has 0 saturated heterocycles. The summed E-state index contributed by atoms with van der Waals surface area (Å²) in [6, 6.07) is 1.94. The molecule has 0 aliphatic heterocycles. The molecular weight excluding hydrogens is 266 g/mol. The van der Waals surface area contributed by atoms with Crippen LogP contribution in [0.4, 0.5) is 0 Å². The second-order valence-corrected chi connectivity index (χ2v) is 4.98. The summed E-state index contributed by atoms with van der Waals surface area (Å²) in [6.07, 6.45) is 0.327. The fourth-order valence-electron chi connectivity index (χ4n) is 1.28. The molecule has 0 spiro atoms. The van der Waals surface area contributed by atoms with Gasteiger partial charge in [-0.2, -0.15) is 5.26 Å². The van der Waals surface area contributed by atoms with Crippen molar-refractivity contribution >= 4 is 23.2 Å². The van der Waals surface area contributed by atoms with Crippen molar-refractivity contribution in [1.29, 1.82) is 5.26 Å². The number of aromatic nitrogens is 1. The molecule has 0 N–H and O–H groups in total. The van der Waals surface area contributed by atoms with E-state index < -0.39 is 5.97 Å². The number of carbonyl (C=O) groups is 2. The van der Waals surface area contributed by atoms with Crippen LogP contribution in [0.5, 0.6) is 0 Å². The number of aryl methyl sites for hydroxylation is 1. The van der Waals surface area contributed by atoms with Gasteiger partial charge in [-0.15, -0.1) is 11.3 Å². The van der Waals surface area contributed by atoms with Crippen LogP contribution in [0, 0.1) is 18.3 Å². The minimum absolute atomic E-state index is 0.0690. The van der Waals surface area contributed by atoms with E-state index in [0.717, 1.165) is 5.01 Å². The van der Waals surface area contributed by atoms with Gasteiger partial charge in [-0.05, 0) is 6.92 Å². The summed E-state index contributed by atoms with van der Waals surface area (Å²) in [5.74, 6) is -0.801. The Morgan fingerprint density at radius 3 is 2.89 bits per heavy atom. The van der Waals surface area contributed by atoms with Gasteiger partial charge in [-0.25, -0.2) is 4.98 Å². The standard InChI is InChI=1S/C12H15N3O3S/c1-9-14-10(8-19-9)6-12(17)18-7-11(16)15(2)5-3-4-13/h8H,3,5-7H2,1-2H3. The molecule has 0 radical (unpaired) electrons. The Hall–Kier alpha value is -1.94. The van der Waals surface area contributed by atoms with Crippen LogP contribution in [-0.2, 0) is 20.7 Å². The number of likely N-dealkylation sites (N-methyl/N-ethyl adjacent to an activating group) is 1. The van der Waals surface area contributed by atoms with Crippen LogP contribution in [0.1, 0.15) is 17.1 Å². The molecule has 0 aromatic carbocycles. The number of carbonyl (C=O) groups excluding carboxylic acids is 2. The minimum atomic E-state index is -0.479. The zero-order valence-electron chi connectivity index (χ0n) is 10.9. The Morgan fingerprint density at radius 2 is 2.32 bits per heavy atom. The lowest BCUT2D eigenvalue weighted by Crippen LogP contribution is -2.32. The van der Waals surface area contributed by atoms with Crippen LogP contribution >= 0.6 is 11.3 Å². The van der Waals surface area contributed by atoms with Crippen LogP contribution in [0.25, 0.3) is 0 Å². The van der Waals surface area contributed by atoms with E-state index in [2.05, 4.69) is 4.98 Å². The van der Waals surface area contributed by atoms with Crippen molar-refractivity contribution in [2.24, 2.45) is 0 Å². The minimum Gasteiger partial charge on any atom is -0.455 e. The van der Waals surface area contributed by atoms with Crippen LogP contribution in [0.3, 0.4) is 0 Å². The smallest absolute Gasteiger partial charge is 0.312 e. The molecular formula is C12H15N3O3S. The first-order chi connectivity index (χ1) is 9.02. The highest BCUT2D eigenvalue weighted by molar-refractivity contribution is 7.09. The molecule has 1 amide bonds. The number of rotatable bonds is 6. The van der Waals surface area contributed by atoms with Crippen LogP contribution in [0.2, 0.25) is 0 Å². The average Bonchev–Trinajstić information content (AvgIpc) is 2.78. The number of hydrogen-bond acceptors (Lipinski definition) is 6. The van der Waals surface area contributed by atoms with Crippen molar-refractivity contribution in [2.75, 3.05) is 20.2 Å². The molecule has 1 rings (SSSR count). The number of hydrogen-bond donors (Lipinski definition) is 0. The quantitative estimate of drug-likeness (QED) is 0.724. The van der Waals surface area contributed by atoms with Gasteiger partial charge in [0.05, 0.1) is 29.6 Å². The topological polar surface area (TPSA) is 83.3 Å². The fraction of sp³-hybridized carbons (Fsp3) is 0.500. The molecule has 0 atom stereocenters. The van der Waals surface area contributed by atoms with Gasteiger partial charge < -0.3 is 9.64 Å². The third kappa shape index (κ3) is 5.48. The number of ether oxygens (including phenoxy) is 1. The highest BCUT2D eigenvalue weighted by atomic mass is 32.1. The number of thiazole rings is 1. The third-order valence-electron chi connectivity index (χ3n) is 2.33. The van der Waals surface area contributed by atoms with Crippen molar-refractivity contribution in [3.05, 3.63) is 16.1 Å². The summed E-state index contributed by atoms with van der Waals surface area (Å²) < 4.78 is 4.87. The van der Waals surface area contributed by atoms with Crippen molar-refractivity contribution in [2.45, 2.75) is 19.8 Å². The summed E-state index contributed by atoms with van der Waals surface area (Å²) in [4.78, 5) is 28.5. The van der Waals surface area contributed by atoms with E-state index in [-0.39, 0.29) is 25.4 Å². The molecule has 0 bridgehead atoms. The average molecular weight is 281 g/mol. The maximum atomic E-state index is 11.5. The number of nitriles is 1. The maximum Gasteiger partial charge on any atom is 0.312 e. The number of nitrogens with zero attached hydrogens (tertiary/aromatic N) is 3. The van der Waals surface area contributed by atoms with Gasteiger partial charge in [0.1, 0.15) is 0 Å². The maximum absolute atomic E-state index is 11.5. The lowest BCUT2D eigenvalue weighted by molar-refractivity contribution is -0.150. The lowest BCUT2D eigenvalue weighted by Gasteiger charge is -2.14. The Labute approximate surface area is 115 Å². The zero-order valence-corrected chi connectivity index (χ0v) is 11.7. The third-order valence-corrected chi connectivity index (χ3v) is 3.16. The number of amides is 1. The summed E-state index contributed by atoms with van der Waals surface area (Å²) in [7, 11) is 1.57. The molecule has 0 aliphatic rings. The monoisotopic (exact) mass is 281 g/mol. The first-order valence-corrected chi connectivity index (χ1v) is 6.58. The summed E-state index contributed by atoms with van der Waals surface area (Å²) in [5.41, 5.74) is 0.651. The Bertz CT molecular complexity index is 493. The lowest BCUT2D eigenvalue weighted by atomic mass is 10.3. The van der Waals surface area contributed by atoms with Crippen LogP contribution in [-0.4, -0.2) is 42.0 Å². The van der Waals surface area contributed by atoms with E-state index in [1.807, 2.05) is 13.0 Å². The summed E-state index contributed by atoms with van der Waals surface area (Å²) in [5, 5.41) is 11.1. The largest absolute Gasteiger partial charge is 0.455 e. The Balaban J connectivity index is 2.30. The molecule has 0 aliphatic carbocycles. The predicted octanol–water partition coefficient (Wildman–Crippen LogP) is 0.909. The summed E-state index contributed by atoms with van der Waals surface area (Å²) >= 11 is 1.46. The van der Waals surface area contributed by atoms with Crippen molar-refractivity contribution in [1.82, 2.24) is 9.88 Å². The van der Waals surface area contributed by atoms with Gasteiger partial charge in [0.15, 0.2) is 6.61 Å². The molecule has 6 nitrogen and oxygen atoms in total. The van der Waals surface area contributed by atoms with Gasteiger partial charge >= 0.3 is 5.97 Å². The molecule has 1 heterocycles. The van der Waals surface area contributed by atoms with Gasteiger partial charge in [-0.3, -0.25) is 9.59 Å². The van der Waals surface area contributed by atoms with Gasteiger partial charge in [0.25, 0.3) is 5.91 Å². The fourth-order valence-corrected chi connectivity index (χ4v) is 1.90. The van der Waals surface area contributed by atoms with E-state index in [1.165, 1.54) is 16.2 Å². The highest BCUT2D eigenvalue weighted by Gasteiger charge is 2.13. The van der Waals surface area contributed by atoms with Gasteiger partial charge in [0, 0.05) is 19.0 Å². The Kier molecular flexibility index (Phi) is 5.96. The van der Waals surface area contributed by atoms with Gasteiger partial charge in [-0.1, -0.05) is 0 Å².